The van der Waals surface area contributed by atoms with Crippen molar-refractivity contribution in [3.05, 3.63) is 17.5 Å². The average Bonchev–Trinajstić information content (AvgIpc) is 2.78. The third-order valence-electron chi connectivity index (χ3n) is 4.43. The highest BCUT2D eigenvalue weighted by molar-refractivity contribution is 5.15. The lowest BCUT2D eigenvalue weighted by Gasteiger charge is -2.28. The minimum atomic E-state index is 0.530. The highest BCUT2D eigenvalue weighted by Gasteiger charge is 2.23. The van der Waals surface area contributed by atoms with Gasteiger partial charge in [-0.15, -0.1) is 0 Å². The van der Waals surface area contributed by atoms with E-state index in [1.807, 2.05) is 0 Å². The molecule has 0 saturated heterocycles. The van der Waals surface area contributed by atoms with Crippen LogP contribution in [-0.2, 0) is 6.54 Å². The number of aryl methyl sites for hydroxylation is 1. The van der Waals surface area contributed by atoms with E-state index in [0.717, 1.165) is 12.5 Å². The molecular formula is C16H29N3. The van der Waals surface area contributed by atoms with Crippen molar-refractivity contribution in [2.75, 3.05) is 0 Å². The first kappa shape index (κ1) is 14.6. The Balaban J connectivity index is 2.02. The molecule has 1 N–H and O–H groups in total. The number of nitrogens with zero attached hydrogens (tertiary/aromatic N) is 2. The summed E-state index contributed by atoms with van der Waals surface area (Å²) in [6, 6.07) is 1.16. The molecule has 1 aromatic rings. The van der Waals surface area contributed by atoms with E-state index in [0.29, 0.717) is 12.1 Å². The van der Waals surface area contributed by atoms with E-state index in [-0.39, 0.29) is 0 Å². The van der Waals surface area contributed by atoms with Crippen LogP contribution >= 0.6 is 0 Å². The highest BCUT2D eigenvalue weighted by Crippen LogP contribution is 2.34. The summed E-state index contributed by atoms with van der Waals surface area (Å²) in [5, 5.41) is 8.24. The van der Waals surface area contributed by atoms with Crippen molar-refractivity contribution in [2.24, 2.45) is 5.92 Å². The van der Waals surface area contributed by atoms with E-state index in [4.69, 9.17) is 5.10 Å². The second-order valence-electron chi connectivity index (χ2n) is 6.35. The summed E-state index contributed by atoms with van der Waals surface area (Å²) in [5.41, 5.74) is 2.54. The van der Waals surface area contributed by atoms with Crippen LogP contribution in [0.4, 0.5) is 0 Å². The molecule has 0 radical (unpaired) electrons. The highest BCUT2D eigenvalue weighted by atomic mass is 15.3. The summed E-state index contributed by atoms with van der Waals surface area (Å²) in [6.45, 7) is 9.76. The lowest BCUT2D eigenvalue weighted by Crippen LogP contribution is -2.22. The van der Waals surface area contributed by atoms with Gasteiger partial charge < -0.3 is 5.32 Å². The van der Waals surface area contributed by atoms with Crippen molar-refractivity contribution >= 4 is 0 Å². The van der Waals surface area contributed by atoms with Crippen LogP contribution in [0.1, 0.15) is 70.2 Å². The first-order valence-electron chi connectivity index (χ1n) is 7.88. The molecule has 1 saturated carbocycles. The van der Waals surface area contributed by atoms with E-state index in [1.54, 1.807) is 0 Å². The molecule has 2 rings (SSSR count). The van der Waals surface area contributed by atoms with E-state index >= 15 is 0 Å². The molecule has 0 aromatic carbocycles. The molecule has 1 aliphatic carbocycles. The third kappa shape index (κ3) is 3.82. The molecule has 1 aromatic heterocycles. The first-order chi connectivity index (χ1) is 9.10. The Morgan fingerprint density at radius 1 is 1.42 bits per heavy atom. The van der Waals surface area contributed by atoms with Crippen LogP contribution < -0.4 is 5.32 Å². The van der Waals surface area contributed by atoms with Gasteiger partial charge in [-0.05, 0) is 25.7 Å². The predicted octanol–water partition coefficient (Wildman–Crippen LogP) is 3.83. The maximum atomic E-state index is 4.76. The molecule has 3 heteroatoms. The normalized spacial score (nSPS) is 24.1. The van der Waals surface area contributed by atoms with E-state index < -0.39 is 0 Å². The predicted molar refractivity (Wildman–Crippen MR) is 80.2 cm³/mol. The molecular weight excluding hydrogens is 234 g/mol. The molecule has 0 bridgehead atoms. The van der Waals surface area contributed by atoms with E-state index in [9.17, 15) is 0 Å². The van der Waals surface area contributed by atoms with Crippen LogP contribution in [0.3, 0.4) is 0 Å². The molecule has 0 amide bonds. The zero-order valence-corrected chi connectivity index (χ0v) is 12.9. The van der Waals surface area contributed by atoms with Gasteiger partial charge in [0.2, 0.25) is 0 Å². The van der Waals surface area contributed by atoms with Gasteiger partial charge in [-0.25, -0.2) is 0 Å². The second kappa shape index (κ2) is 6.56. The van der Waals surface area contributed by atoms with E-state index in [2.05, 4.69) is 43.9 Å². The van der Waals surface area contributed by atoms with Gasteiger partial charge in [0.1, 0.15) is 0 Å². The fourth-order valence-corrected chi connectivity index (χ4v) is 3.07. The van der Waals surface area contributed by atoms with Gasteiger partial charge in [0.05, 0.1) is 11.7 Å². The zero-order valence-electron chi connectivity index (χ0n) is 12.9. The fourth-order valence-electron chi connectivity index (χ4n) is 3.07. The molecule has 19 heavy (non-hydrogen) atoms. The fraction of sp³-hybridized carbons (Fsp3) is 0.812. The molecule has 0 aliphatic heterocycles. The first-order valence-corrected chi connectivity index (χ1v) is 7.88. The SMILES string of the molecule is CCC1CCCC(n2cc(CNC(C)C)c(C)n2)C1. The molecule has 3 nitrogen and oxygen atoms in total. The number of rotatable bonds is 5. The molecule has 0 spiro atoms. The van der Waals surface area contributed by atoms with Gasteiger partial charge in [0, 0.05) is 24.3 Å². The summed E-state index contributed by atoms with van der Waals surface area (Å²) in [6.07, 6.45) is 8.98. The molecule has 2 unspecified atom stereocenters. The quantitative estimate of drug-likeness (QED) is 0.875. The van der Waals surface area contributed by atoms with Crippen molar-refractivity contribution in [3.8, 4) is 0 Å². The van der Waals surface area contributed by atoms with Crippen molar-refractivity contribution < 1.29 is 0 Å². The molecule has 108 valence electrons. The molecule has 1 aliphatic rings. The Bertz CT molecular complexity index is 395. The molecule has 1 fully saturated rings. The number of nitrogens with one attached hydrogen (secondary N) is 1. The topological polar surface area (TPSA) is 29.9 Å². The summed E-state index contributed by atoms with van der Waals surface area (Å²) < 4.78 is 2.24. The van der Waals surface area contributed by atoms with Gasteiger partial charge >= 0.3 is 0 Å². The number of hydrogen-bond donors (Lipinski definition) is 1. The minimum Gasteiger partial charge on any atom is -0.310 e. The standard InChI is InChI=1S/C16H29N3/c1-5-14-7-6-8-16(9-14)19-11-15(13(4)18-19)10-17-12(2)3/h11-12,14,16-17H,5-10H2,1-4H3. The summed E-state index contributed by atoms with van der Waals surface area (Å²) in [7, 11) is 0. The lowest BCUT2D eigenvalue weighted by atomic mass is 9.84. The Morgan fingerprint density at radius 2 is 2.21 bits per heavy atom. The van der Waals surface area contributed by atoms with Gasteiger partial charge in [0.25, 0.3) is 0 Å². The van der Waals surface area contributed by atoms with Gasteiger partial charge in [0.15, 0.2) is 0 Å². The number of hydrogen-bond acceptors (Lipinski definition) is 2. The van der Waals surface area contributed by atoms with Gasteiger partial charge in [-0.2, -0.15) is 5.10 Å². The molecule has 1 heterocycles. The van der Waals surface area contributed by atoms with Crippen molar-refractivity contribution in [1.82, 2.24) is 15.1 Å². The Kier molecular flexibility index (Phi) is 5.03. The van der Waals surface area contributed by atoms with Crippen LogP contribution in [0.25, 0.3) is 0 Å². The second-order valence-corrected chi connectivity index (χ2v) is 6.35. The zero-order chi connectivity index (χ0) is 13.8. The van der Waals surface area contributed by atoms with Crippen molar-refractivity contribution in [3.63, 3.8) is 0 Å². The average molecular weight is 263 g/mol. The van der Waals surface area contributed by atoms with Crippen LogP contribution in [0.5, 0.6) is 0 Å². The maximum Gasteiger partial charge on any atom is 0.0638 e. The Labute approximate surface area is 117 Å². The van der Waals surface area contributed by atoms with Gasteiger partial charge in [-0.3, -0.25) is 4.68 Å². The summed E-state index contributed by atoms with van der Waals surface area (Å²) in [4.78, 5) is 0. The monoisotopic (exact) mass is 263 g/mol. The number of aromatic nitrogens is 2. The van der Waals surface area contributed by atoms with Crippen LogP contribution in [-0.4, -0.2) is 15.8 Å². The Morgan fingerprint density at radius 3 is 2.89 bits per heavy atom. The lowest BCUT2D eigenvalue weighted by molar-refractivity contribution is 0.247. The van der Waals surface area contributed by atoms with Crippen molar-refractivity contribution in [1.29, 1.82) is 0 Å². The van der Waals surface area contributed by atoms with Crippen LogP contribution in [0.15, 0.2) is 6.20 Å². The summed E-state index contributed by atoms with van der Waals surface area (Å²) in [5.74, 6) is 0.903. The van der Waals surface area contributed by atoms with Crippen LogP contribution in [0, 0.1) is 12.8 Å². The molecule has 2 atom stereocenters. The van der Waals surface area contributed by atoms with Crippen molar-refractivity contribution in [2.45, 2.75) is 78.4 Å². The smallest absolute Gasteiger partial charge is 0.0638 e. The van der Waals surface area contributed by atoms with Crippen LogP contribution in [0.2, 0.25) is 0 Å². The van der Waals surface area contributed by atoms with Gasteiger partial charge in [-0.1, -0.05) is 40.0 Å². The largest absolute Gasteiger partial charge is 0.310 e. The third-order valence-corrected chi connectivity index (χ3v) is 4.43. The van der Waals surface area contributed by atoms with E-state index in [1.165, 1.54) is 43.4 Å². The maximum absolute atomic E-state index is 4.76. The minimum absolute atomic E-state index is 0.530. The summed E-state index contributed by atoms with van der Waals surface area (Å²) >= 11 is 0. The Hall–Kier alpha value is -0.830.